The second kappa shape index (κ2) is 6.38. The van der Waals surface area contributed by atoms with Gasteiger partial charge in [0, 0.05) is 30.8 Å². The van der Waals surface area contributed by atoms with Crippen LogP contribution in [0.15, 0.2) is 54.9 Å². The summed E-state index contributed by atoms with van der Waals surface area (Å²) >= 11 is 0. The molecule has 0 amide bonds. The van der Waals surface area contributed by atoms with E-state index in [1.807, 2.05) is 30.3 Å². The average molecular weight is 296 g/mol. The van der Waals surface area contributed by atoms with Gasteiger partial charge < -0.3 is 9.85 Å². The molecule has 22 heavy (non-hydrogen) atoms. The highest BCUT2D eigenvalue weighted by Gasteiger charge is 2.36. The second-order valence-electron chi connectivity index (χ2n) is 6.02. The van der Waals surface area contributed by atoms with Crippen LogP contribution in [0.2, 0.25) is 0 Å². The molecule has 1 aliphatic rings. The molecule has 114 valence electrons. The van der Waals surface area contributed by atoms with Crippen LogP contribution >= 0.6 is 0 Å². The molecule has 2 heterocycles. The number of hydroxylamine groups is 3. The predicted octanol–water partition coefficient (Wildman–Crippen LogP) is 2.84. The molecular formula is C18H20N2O2. The summed E-state index contributed by atoms with van der Waals surface area (Å²) in [6, 6.07) is 13.6. The molecule has 4 nitrogen and oxygen atoms in total. The third kappa shape index (κ3) is 3.40. The minimum Gasteiger partial charge on any atom is -0.633 e. The van der Waals surface area contributed by atoms with Crippen LogP contribution in [0.5, 0.6) is 0 Å². The molecule has 3 rings (SSSR count). The van der Waals surface area contributed by atoms with Gasteiger partial charge in [0.2, 0.25) is 0 Å². The van der Waals surface area contributed by atoms with Gasteiger partial charge in [-0.2, -0.15) is 0 Å². The summed E-state index contributed by atoms with van der Waals surface area (Å²) in [4.78, 5) is 16.4. The largest absolute Gasteiger partial charge is 0.633 e. The second-order valence-corrected chi connectivity index (χ2v) is 6.02. The highest BCUT2D eigenvalue weighted by molar-refractivity contribution is 5.97. The minimum atomic E-state index is -0.258. The Balaban J connectivity index is 1.60. The summed E-state index contributed by atoms with van der Waals surface area (Å²) < 4.78 is -0.258. The number of carbonyl (C=O) groups is 1. The Kier molecular flexibility index (Phi) is 4.32. The first-order valence-corrected chi connectivity index (χ1v) is 7.72. The highest BCUT2D eigenvalue weighted by Crippen LogP contribution is 2.26. The number of hydrogen-bond acceptors (Lipinski definition) is 3. The van der Waals surface area contributed by atoms with E-state index in [0.29, 0.717) is 31.6 Å². The third-order valence-corrected chi connectivity index (χ3v) is 4.41. The Bertz CT molecular complexity index is 630. The van der Waals surface area contributed by atoms with E-state index < -0.39 is 0 Å². The van der Waals surface area contributed by atoms with Gasteiger partial charge in [0.25, 0.3) is 0 Å². The molecular weight excluding hydrogens is 276 g/mol. The summed E-state index contributed by atoms with van der Waals surface area (Å²) in [5, 5.41) is 12.8. The van der Waals surface area contributed by atoms with Crippen molar-refractivity contribution in [1.82, 2.24) is 4.98 Å². The van der Waals surface area contributed by atoms with E-state index in [2.05, 4.69) is 4.98 Å². The molecule has 0 radical (unpaired) electrons. The number of nitrogens with zero attached hydrogens (tertiary/aromatic N) is 2. The fourth-order valence-electron chi connectivity index (χ4n) is 3.11. The average Bonchev–Trinajstić information content (AvgIpc) is 2.97. The molecule has 1 saturated heterocycles. The van der Waals surface area contributed by atoms with Crippen LogP contribution < -0.4 is 0 Å². The van der Waals surface area contributed by atoms with Gasteiger partial charge in [-0.3, -0.25) is 9.78 Å². The van der Waals surface area contributed by atoms with E-state index in [0.717, 1.165) is 6.42 Å². The number of ketones is 1. The quantitative estimate of drug-likeness (QED) is 0.484. The van der Waals surface area contributed by atoms with Gasteiger partial charge in [-0.1, -0.05) is 30.3 Å². The molecule has 0 saturated carbocycles. The first-order chi connectivity index (χ1) is 10.7. The molecule has 0 spiro atoms. The topological polar surface area (TPSA) is 53.0 Å². The molecule has 1 aromatic heterocycles. The monoisotopic (exact) mass is 296 g/mol. The Morgan fingerprint density at radius 1 is 1.23 bits per heavy atom. The number of likely N-dealkylation sites (tertiary alicyclic amines) is 1. The number of aromatic nitrogens is 1. The van der Waals surface area contributed by atoms with E-state index in [-0.39, 0.29) is 16.3 Å². The van der Waals surface area contributed by atoms with E-state index in [1.165, 1.54) is 5.56 Å². The maximum absolute atomic E-state index is 12.8. The third-order valence-electron chi connectivity index (χ3n) is 4.41. The molecule has 0 N–H and O–H groups in total. The fourth-order valence-corrected chi connectivity index (χ4v) is 3.11. The Morgan fingerprint density at radius 2 is 2.05 bits per heavy atom. The molecule has 2 aromatic rings. The van der Waals surface area contributed by atoms with Crippen LogP contribution in [0.3, 0.4) is 0 Å². The fraction of sp³-hybridized carbons (Fsp3) is 0.333. The summed E-state index contributed by atoms with van der Waals surface area (Å²) in [5.74, 6) is -0.110. The number of benzene rings is 1. The number of rotatable bonds is 5. The summed E-state index contributed by atoms with van der Waals surface area (Å²) in [6.45, 7) is 1.46. The summed E-state index contributed by atoms with van der Waals surface area (Å²) in [7, 11) is 0. The van der Waals surface area contributed by atoms with Crippen molar-refractivity contribution in [2.24, 2.45) is 5.92 Å². The first kappa shape index (κ1) is 14.9. The van der Waals surface area contributed by atoms with Crippen molar-refractivity contribution in [2.45, 2.75) is 12.8 Å². The highest BCUT2D eigenvalue weighted by atomic mass is 16.5. The maximum Gasteiger partial charge on any atom is 0.173 e. The molecule has 1 aromatic carbocycles. The summed E-state index contributed by atoms with van der Waals surface area (Å²) in [6.07, 6.45) is 4.67. The lowest BCUT2D eigenvalue weighted by molar-refractivity contribution is -0.868. The number of pyridine rings is 1. The zero-order valence-electron chi connectivity index (χ0n) is 12.5. The van der Waals surface area contributed by atoms with Crippen molar-refractivity contribution < 1.29 is 9.44 Å². The first-order valence-electron chi connectivity index (χ1n) is 7.72. The molecule has 1 aliphatic heterocycles. The van der Waals surface area contributed by atoms with Gasteiger partial charge in [0.05, 0.1) is 25.6 Å². The van der Waals surface area contributed by atoms with Crippen molar-refractivity contribution in [3.8, 4) is 0 Å². The van der Waals surface area contributed by atoms with E-state index >= 15 is 0 Å². The minimum absolute atomic E-state index is 0.0589. The van der Waals surface area contributed by atoms with Crippen molar-refractivity contribution >= 4 is 5.78 Å². The standard InChI is InChI=1S/C18H20N2O2/c21-18(16-7-4-10-19-13-16)17-9-12-20(22,14-17)11-8-15-5-2-1-3-6-15/h1-7,10,13,17H,8-9,11-12,14H2. The molecule has 4 heteroatoms. The van der Waals surface area contributed by atoms with Crippen molar-refractivity contribution in [2.75, 3.05) is 19.6 Å². The van der Waals surface area contributed by atoms with Crippen LogP contribution in [0.1, 0.15) is 22.3 Å². The zero-order chi connectivity index (χ0) is 15.4. The van der Waals surface area contributed by atoms with Crippen LogP contribution in [-0.4, -0.2) is 35.0 Å². The number of Topliss-reactive ketones (excluding diaryl/α,β-unsaturated/α-hetero) is 1. The van der Waals surface area contributed by atoms with Gasteiger partial charge in [-0.25, -0.2) is 0 Å². The predicted molar refractivity (Wildman–Crippen MR) is 85.0 cm³/mol. The van der Waals surface area contributed by atoms with E-state index in [9.17, 15) is 10.0 Å². The van der Waals surface area contributed by atoms with E-state index in [1.54, 1.807) is 24.5 Å². The Hall–Kier alpha value is -2.04. The van der Waals surface area contributed by atoms with Gasteiger partial charge in [-0.05, 0) is 17.7 Å². The van der Waals surface area contributed by atoms with Crippen LogP contribution in [0, 0.1) is 11.1 Å². The molecule has 2 unspecified atom stereocenters. The lowest BCUT2D eigenvalue weighted by Crippen LogP contribution is -2.42. The Labute approximate surface area is 130 Å². The number of hydrogen-bond donors (Lipinski definition) is 0. The Morgan fingerprint density at radius 3 is 2.77 bits per heavy atom. The zero-order valence-corrected chi connectivity index (χ0v) is 12.5. The van der Waals surface area contributed by atoms with Gasteiger partial charge in [0.15, 0.2) is 5.78 Å². The molecule has 2 atom stereocenters. The van der Waals surface area contributed by atoms with Gasteiger partial charge in [-0.15, -0.1) is 0 Å². The normalized spacial score (nSPS) is 24.3. The number of quaternary nitrogens is 1. The van der Waals surface area contributed by atoms with Gasteiger partial charge >= 0.3 is 0 Å². The lowest BCUT2D eigenvalue weighted by Gasteiger charge is -2.39. The van der Waals surface area contributed by atoms with Crippen molar-refractivity contribution in [1.29, 1.82) is 0 Å². The molecule has 1 fully saturated rings. The lowest BCUT2D eigenvalue weighted by atomic mass is 9.98. The molecule has 0 aliphatic carbocycles. The maximum atomic E-state index is 12.8. The summed E-state index contributed by atoms with van der Waals surface area (Å²) in [5.41, 5.74) is 1.79. The smallest absolute Gasteiger partial charge is 0.173 e. The number of carbonyl (C=O) groups excluding carboxylic acids is 1. The van der Waals surface area contributed by atoms with Crippen LogP contribution in [0.4, 0.5) is 0 Å². The van der Waals surface area contributed by atoms with Gasteiger partial charge in [0.1, 0.15) is 0 Å². The molecule has 0 bridgehead atoms. The SMILES string of the molecule is O=C(c1cccnc1)C1CC[N+]([O-])(CCc2ccccc2)C1. The van der Waals surface area contributed by atoms with Crippen LogP contribution in [-0.2, 0) is 6.42 Å². The van der Waals surface area contributed by atoms with E-state index in [4.69, 9.17) is 0 Å². The van der Waals surface area contributed by atoms with Crippen LogP contribution in [0.25, 0.3) is 0 Å². The van der Waals surface area contributed by atoms with Crippen molar-refractivity contribution in [3.05, 3.63) is 71.2 Å². The van der Waals surface area contributed by atoms with Crippen molar-refractivity contribution in [3.63, 3.8) is 0 Å².